The molecule has 0 spiro atoms. The van der Waals surface area contributed by atoms with E-state index in [1.807, 2.05) is 53.4 Å². The van der Waals surface area contributed by atoms with Crippen LogP contribution in [-0.4, -0.2) is 29.0 Å². The number of rotatable bonds is 4. The van der Waals surface area contributed by atoms with Crippen molar-refractivity contribution >= 4 is 29.1 Å². The highest BCUT2D eigenvalue weighted by Gasteiger charge is 2.27. The number of amides is 1. The first kappa shape index (κ1) is 21.6. The van der Waals surface area contributed by atoms with E-state index in [1.54, 1.807) is 31.4 Å². The molecule has 1 amide bonds. The number of ether oxygens (including phenoxy) is 1. The summed E-state index contributed by atoms with van der Waals surface area (Å²) in [7, 11) is 1.66. The summed E-state index contributed by atoms with van der Waals surface area (Å²) in [5, 5.41) is 1.24. The molecule has 0 radical (unpaired) electrons. The van der Waals surface area contributed by atoms with Crippen molar-refractivity contribution in [1.82, 2.24) is 9.47 Å². The van der Waals surface area contributed by atoms with Gasteiger partial charge in [-0.25, -0.2) is 0 Å². The van der Waals surface area contributed by atoms with Gasteiger partial charge in [0.15, 0.2) is 0 Å². The van der Waals surface area contributed by atoms with Crippen molar-refractivity contribution in [1.29, 1.82) is 0 Å². The lowest BCUT2D eigenvalue weighted by Gasteiger charge is -2.28. The van der Waals surface area contributed by atoms with Crippen molar-refractivity contribution in [2.45, 2.75) is 13.0 Å². The number of carbonyl (C=O) groups excluding carboxylic acids is 1. The van der Waals surface area contributed by atoms with Gasteiger partial charge < -0.3 is 14.2 Å². The van der Waals surface area contributed by atoms with E-state index in [4.69, 9.17) is 27.9 Å². The number of halogens is 2. The minimum absolute atomic E-state index is 0.0142. The van der Waals surface area contributed by atoms with E-state index in [-0.39, 0.29) is 5.91 Å². The second kappa shape index (κ2) is 8.97. The van der Waals surface area contributed by atoms with E-state index in [0.717, 1.165) is 34.7 Å². The minimum Gasteiger partial charge on any atom is -0.497 e. The van der Waals surface area contributed by atoms with Gasteiger partial charge in [-0.15, -0.1) is 0 Å². The van der Waals surface area contributed by atoms with Crippen molar-refractivity contribution in [2.75, 3.05) is 13.7 Å². The van der Waals surface area contributed by atoms with Crippen LogP contribution in [-0.2, 0) is 13.0 Å². The van der Waals surface area contributed by atoms with Crippen molar-refractivity contribution in [3.05, 3.63) is 106 Å². The van der Waals surface area contributed by atoms with Gasteiger partial charge in [0.05, 0.1) is 23.5 Å². The van der Waals surface area contributed by atoms with E-state index in [2.05, 4.69) is 10.6 Å². The monoisotopic (exact) mass is 476 g/mol. The Balaban J connectivity index is 1.58. The molecule has 0 saturated heterocycles. The van der Waals surface area contributed by atoms with Crippen molar-refractivity contribution in [2.24, 2.45) is 0 Å². The molecule has 1 aromatic heterocycles. The summed E-state index contributed by atoms with van der Waals surface area (Å²) < 4.78 is 7.55. The van der Waals surface area contributed by atoms with E-state index in [9.17, 15) is 4.79 Å². The maximum Gasteiger partial charge on any atom is 0.254 e. The molecule has 166 valence electrons. The molecule has 0 N–H and O–H groups in total. The molecule has 5 rings (SSSR count). The Morgan fingerprint density at radius 2 is 1.73 bits per heavy atom. The van der Waals surface area contributed by atoms with Crippen LogP contribution in [0.25, 0.3) is 16.9 Å². The minimum atomic E-state index is -0.0142. The smallest absolute Gasteiger partial charge is 0.254 e. The van der Waals surface area contributed by atoms with Crippen LogP contribution in [0.4, 0.5) is 0 Å². The lowest BCUT2D eigenvalue weighted by atomic mass is 10.1. The van der Waals surface area contributed by atoms with Gasteiger partial charge in [-0.1, -0.05) is 41.4 Å². The first-order valence-electron chi connectivity index (χ1n) is 10.7. The van der Waals surface area contributed by atoms with Gasteiger partial charge in [-0.3, -0.25) is 4.79 Å². The molecule has 0 fully saturated rings. The molecule has 4 aromatic rings. The number of hydrogen-bond acceptors (Lipinski definition) is 2. The van der Waals surface area contributed by atoms with Crippen LogP contribution >= 0.6 is 23.2 Å². The maximum atomic E-state index is 13.1. The first-order valence-corrected chi connectivity index (χ1v) is 11.5. The summed E-state index contributed by atoms with van der Waals surface area (Å²) in [5.41, 5.74) is 5.91. The molecule has 1 aliphatic rings. The van der Waals surface area contributed by atoms with Gasteiger partial charge in [0.25, 0.3) is 5.91 Å². The van der Waals surface area contributed by atoms with Gasteiger partial charge in [0, 0.05) is 35.8 Å². The van der Waals surface area contributed by atoms with Crippen LogP contribution in [0.3, 0.4) is 0 Å². The lowest BCUT2D eigenvalue weighted by Crippen LogP contribution is -2.36. The fourth-order valence-electron chi connectivity index (χ4n) is 4.40. The average molecular weight is 477 g/mol. The topological polar surface area (TPSA) is 34.5 Å². The SMILES string of the molecule is COc1ccc(-c2cc3c(n2-c2ccccc2Cl)CCN(C(=O)c2cccc(Cl)c2)C3)cc1. The number of nitrogens with zero attached hydrogens (tertiary/aromatic N) is 2. The number of hydrogen-bond donors (Lipinski definition) is 0. The van der Waals surface area contributed by atoms with Crippen LogP contribution in [0, 0.1) is 0 Å². The number of methoxy groups -OCH3 is 1. The molecular weight excluding hydrogens is 455 g/mol. The number of benzene rings is 3. The largest absolute Gasteiger partial charge is 0.497 e. The van der Waals surface area contributed by atoms with Gasteiger partial charge in [-0.05, 0) is 71.8 Å². The molecule has 0 aliphatic carbocycles. The molecule has 33 heavy (non-hydrogen) atoms. The Hall–Kier alpha value is -3.21. The maximum absolute atomic E-state index is 13.1. The van der Waals surface area contributed by atoms with Crippen LogP contribution in [0.15, 0.2) is 78.9 Å². The third kappa shape index (κ3) is 4.12. The predicted octanol–water partition coefficient (Wildman–Crippen LogP) is 6.66. The molecule has 0 saturated carbocycles. The van der Waals surface area contributed by atoms with Crippen LogP contribution < -0.4 is 4.74 Å². The number of aromatic nitrogens is 1. The second-order valence-corrected chi connectivity index (χ2v) is 8.85. The quantitative estimate of drug-likeness (QED) is 0.330. The normalized spacial score (nSPS) is 13.0. The van der Waals surface area contributed by atoms with Crippen LogP contribution in [0.5, 0.6) is 5.75 Å². The summed E-state index contributed by atoms with van der Waals surface area (Å²) in [6.07, 6.45) is 0.725. The second-order valence-electron chi connectivity index (χ2n) is 8.00. The molecule has 2 heterocycles. The van der Waals surface area contributed by atoms with Crippen molar-refractivity contribution in [3.8, 4) is 22.7 Å². The van der Waals surface area contributed by atoms with Crippen molar-refractivity contribution in [3.63, 3.8) is 0 Å². The highest BCUT2D eigenvalue weighted by Crippen LogP contribution is 2.36. The highest BCUT2D eigenvalue weighted by atomic mass is 35.5. The number of fused-ring (bicyclic) bond motifs is 1. The van der Waals surface area contributed by atoms with Crippen LogP contribution in [0.1, 0.15) is 21.6 Å². The summed E-state index contributed by atoms with van der Waals surface area (Å²) >= 11 is 12.7. The standard InChI is InChI=1S/C27H22Cl2N2O2/c1-33-22-11-9-18(10-12-22)26-16-20-17-30(27(32)19-5-4-6-21(28)15-19)14-13-24(20)31(26)25-8-3-2-7-23(25)29/h2-12,15-16H,13-14,17H2,1H3. The lowest BCUT2D eigenvalue weighted by molar-refractivity contribution is 0.0734. The molecule has 3 aromatic carbocycles. The number of para-hydroxylation sites is 1. The summed E-state index contributed by atoms with van der Waals surface area (Å²) in [6.45, 7) is 1.15. The zero-order valence-corrected chi connectivity index (χ0v) is 19.6. The third-order valence-electron chi connectivity index (χ3n) is 6.01. The van der Waals surface area contributed by atoms with Gasteiger partial charge in [0.1, 0.15) is 5.75 Å². The Labute approximate surface area is 202 Å². The summed E-state index contributed by atoms with van der Waals surface area (Å²) in [4.78, 5) is 15.0. The van der Waals surface area contributed by atoms with E-state index >= 15 is 0 Å². The van der Waals surface area contributed by atoms with Gasteiger partial charge in [-0.2, -0.15) is 0 Å². The molecule has 0 atom stereocenters. The Morgan fingerprint density at radius 3 is 2.45 bits per heavy atom. The van der Waals surface area contributed by atoms with Crippen LogP contribution in [0.2, 0.25) is 10.0 Å². The Bertz CT molecular complexity index is 1330. The molecule has 4 nitrogen and oxygen atoms in total. The molecule has 1 aliphatic heterocycles. The van der Waals surface area contributed by atoms with E-state index in [0.29, 0.717) is 28.7 Å². The van der Waals surface area contributed by atoms with Gasteiger partial charge in [0.2, 0.25) is 0 Å². The summed E-state index contributed by atoms with van der Waals surface area (Å²) in [5.74, 6) is 0.789. The fraction of sp³-hybridized carbons (Fsp3) is 0.148. The molecule has 6 heteroatoms. The molecule has 0 unspecified atom stereocenters. The average Bonchev–Trinajstić information content (AvgIpc) is 3.22. The fourth-order valence-corrected chi connectivity index (χ4v) is 4.81. The molecule has 0 bridgehead atoms. The summed E-state index contributed by atoms with van der Waals surface area (Å²) in [6, 6.07) is 25.1. The highest BCUT2D eigenvalue weighted by molar-refractivity contribution is 6.32. The third-order valence-corrected chi connectivity index (χ3v) is 6.56. The van der Waals surface area contributed by atoms with E-state index < -0.39 is 0 Å². The zero-order valence-electron chi connectivity index (χ0n) is 18.1. The Morgan fingerprint density at radius 1 is 0.939 bits per heavy atom. The Kier molecular flexibility index (Phi) is 5.88. The van der Waals surface area contributed by atoms with Crippen molar-refractivity contribution < 1.29 is 9.53 Å². The predicted molar refractivity (Wildman–Crippen MR) is 133 cm³/mol. The first-order chi connectivity index (χ1) is 16.0. The number of carbonyl (C=O) groups is 1. The zero-order chi connectivity index (χ0) is 22.9. The van der Waals surface area contributed by atoms with Gasteiger partial charge >= 0.3 is 0 Å². The van der Waals surface area contributed by atoms with E-state index in [1.165, 1.54) is 5.69 Å². The molecular formula is C27H22Cl2N2O2.